The maximum absolute atomic E-state index is 12.3. The van der Waals surface area contributed by atoms with Crippen molar-refractivity contribution in [1.29, 1.82) is 0 Å². The first kappa shape index (κ1) is 16.4. The van der Waals surface area contributed by atoms with E-state index in [0.717, 1.165) is 0 Å². The van der Waals surface area contributed by atoms with Gasteiger partial charge in [-0.15, -0.1) is 0 Å². The fourth-order valence-electron chi connectivity index (χ4n) is 2.38. The maximum Gasteiger partial charge on any atom is 0.276 e. The Morgan fingerprint density at radius 1 is 1.08 bits per heavy atom. The fourth-order valence-corrected chi connectivity index (χ4v) is 2.38. The largest absolute Gasteiger partial charge is 0.321 e. The Hall–Kier alpha value is -3.42. The molecule has 0 saturated carbocycles. The third kappa shape index (κ3) is 3.74. The quantitative estimate of drug-likeness (QED) is 0.745. The van der Waals surface area contributed by atoms with Crippen LogP contribution in [0.15, 0.2) is 48.8 Å². The van der Waals surface area contributed by atoms with E-state index in [2.05, 4.69) is 20.8 Å². The van der Waals surface area contributed by atoms with Gasteiger partial charge in [-0.05, 0) is 37.3 Å². The van der Waals surface area contributed by atoms with Crippen LogP contribution in [0.5, 0.6) is 0 Å². The number of hydrogen-bond acceptors (Lipinski definition) is 4. The van der Waals surface area contributed by atoms with Crippen LogP contribution in [0.2, 0.25) is 0 Å². The van der Waals surface area contributed by atoms with Gasteiger partial charge in [-0.3, -0.25) is 19.0 Å². The summed E-state index contributed by atoms with van der Waals surface area (Å²) in [5.74, 6) is -0.569. The lowest BCUT2D eigenvalue weighted by atomic mass is 10.2. The zero-order valence-electron chi connectivity index (χ0n) is 13.9. The Kier molecular flexibility index (Phi) is 4.60. The number of amides is 2. The SMILES string of the molecule is CCn1nccc1C(=O)Nc1cccc(NC(=O)c2ccn(C)n2)c1. The maximum atomic E-state index is 12.3. The molecule has 2 N–H and O–H groups in total. The highest BCUT2D eigenvalue weighted by molar-refractivity contribution is 6.05. The van der Waals surface area contributed by atoms with E-state index in [-0.39, 0.29) is 11.8 Å². The molecule has 3 aromatic rings. The molecule has 0 aliphatic carbocycles. The molecule has 2 aromatic heterocycles. The average Bonchev–Trinajstić information content (AvgIpc) is 3.23. The Balaban J connectivity index is 1.71. The molecular weight excluding hydrogens is 320 g/mol. The van der Waals surface area contributed by atoms with E-state index in [0.29, 0.717) is 29.3 Å². The van der Waals surface area contributed by atoms with Crippen LogP contribution in [-0.4, -0.2) is 31.4 Å². The van der Waals surface area contributed by atoms with Crippen LogP contribution in [-0.2, 0) is 13.6 Å². The standard InChI is InChI=1S/C17H18N6O2/c1-3-23-15(7-9-18-23)17(25)20-13-6-4-5-12(11-13)19-16(24)14-8-10-22(2)21-14/h4-11H,3H2,1-2H3,(H,19,24)(H,20,25). The predicted molar refractivity (Wildman–Crippen MR) is 93.5 cm³/mol. The first-order valence-corrected chi connectivity index (χ1v) is 7.81. The van der Waals surface area contributed by atoms with Crippen molar-refractivity contribution in [3.05, 3.63) is 60.2 Å². The normalized spacial score (nSPS) is 10.5. The minimum Gasteiger partial charge on any atom is -0.321 e. The van der Waals surface area contributed by atoms with E-state index >= 15 is 0 Å². The van der Waals surface area contributed by atoms with Crippen molar-refractivity contribution < 1.29 is 9.59 Å². The monoisotopic (exact) mass is 338 g/mol. The van der Waals surface area contributed by atoms with Crippen LogP contribution in [0.3, 0.4) is 0 Å². The first-order valence-electron chi connectivity index (χ1n) is 7.81. The van der Waals surface area contributed by atoms with Gasteiger partial charge in [-0.25, -0.2) is 0 Å². The van der Waals surface area contributed by atoms with Crippen LogP contribution in [0, 0.1) is 0 Å². The molecule has 8 heteroatoms. The summed E-state index contributed by atoms with van der Waals surface area (Å²) in [6, 6.07) is 10.2. The lowest BCUT2D eigenvalue weighted by molar-refractivity contribution is 0.101. The molecule has 8 nitrogen and oxygen atoms in total. The van der Waals surface area contributed by atoms with Gasteiger partial charge in [0.05, 0.1) is 0 Å². The van der Waals surface area contributed by atoms with Crippen LogP contribution in [0.4, 0.5) is 11.4 Å². The molecule has 0 bridgehead atoms. The summed E-state index contributed by atoms with van der Waals surface area (Å²) < 4.78 is 3.17. The number of benzene rings is 1. The molecule has 2 heterocycles. The van der Waals surface area contributed by atoms with Gasteiger partial charge in [0.1, 0.15) is 5.69 Å². The molecule has 0 aliphatic rings. The third-order valence-electron chi connectivity index (χ3n) is 3.57. The number of aromatic nitrogens is 4. The number of hydrogen-bond donors (Lipinski definition) is 2. The van der Waals surface area contributed by atoms with Crippen LogP contribution < -0.4 is 10.6 Å². The summed E-state index contributed by atoms with van der Waals surface area (Å²) in [5.41, 5.74) is 1.94. The minimum absolute atomic E-state index is 0.257. The summed E-state index contributed by atoms with van der Waals surface area (Å²) in [7, 11) is 1.74. The molecular formula is C17H18N6O2. The summed E-state index contributed by atoms with van der Waals surface area (Å²) >= 11 is 0. The zero-order valence-corrected chi connectivity index (χ0v) is 13.9. The Morgan fingerprint density at radius 3 is 2.44 bits per heavy atom. The minimum atomic E-state index is -0.312. The van der Waals surface area contributed by atoms with Gasteiger partial charge in [-0.1, -0.05) is 6.07 Å². The predicted octanol–water partition coefficient (Wildman–Crippen LogP) is 2.14. The molecule has 0 atom stereocenters. The first-order chi connectivity index (χ1) is 12.1. The lowest BCUT2D eigenvalue weighted by Gasteiger charge is -2.09. The molecule has 0 fully saturated rings. The van der Waals surface area contributed by atoms with Crippen molar-refractivity contribution >= 4 is 23.2 Å². The lowest BCUT2D eigenvalue weighted by Crippen LogP contribution is -2.17. The summed E-state index contributed by atoms with van der Waals surface area (Å²) in [6.45, 7) is 2.52. The molecule has 25 heavy (non-hydrogen) atoms. The van der Waals surface area contributed by atoms with Crippen molar-refractivity contribution in [2.24, 2.45) is 7.05 Å². The van der Waals surface area contributed by atoms with Crippen molar-refractivity contribution in [1.82, 2.24) is 19.6 Å². The smallest absolute Gasteiger partial charge is 0.276 e. The van der Waals surface area contributed by atoms with Gasteiger partial charge in [0.2, 0.25) is 0 Å². The number of carbonyl (C=O) groups is 2. The average molecular weight is 338 g/mol. The van der Waals surface area contributed by atoms with Crippen molar-refractivity contribution in [3.63, 3.8) is 0 Å². The van der Waals surface area contributed by atoms with Gasteiger partial charge in [0.25, 0.3) is 11.8 Å². The summed E-state index contributed by atoms with van der Waals surface area (Å²) in [4.78, 5) is 24.5. The highest BCUT2D eigenvalue weighted by Crippen LogP contribution is 2.17. The van der Waals surface area contributed by atoms with Crippen LogP contribution >= 0.6 is 0 Å². The van der Waals surface area contributed by atoms with E-state index < -0.39 is 0 Å². The topological polar surface area (TPSA) is 93.8 Å². The van der Waals surface area contributed by atoms with Crippen molar-refractivity contribution in [3.8, 4) is 0 Å². The van der Waals surface area contributed by atoms with E-state index in [1.165, 1.54) is 0 Å². The number of nitrogens with one attached hydrogen (secondary N) is 2. The molecule has 0 spiro atoms. The Labute approximate surface area is 144 Å². The number of rotatable bonds is 5. The number of carbonyl (C=O) groups excluding carboxylic acids is 2. The van der Waals surface area contributed by atoms with E-state index in [9.17, 15) is 9.59 Å². The molecule has 0 saturated heterocycles. The second-order valence-electron chi connectivity index (χ2n) is 5.40. The molecule has 3 rings (SSSR count). The number of nitrogens with zero attached hydrogens (tertiary/aromatic N) is 4. The third-order valence-corrected chi connectivity index (χ3v) is 3.57. The molecule has 2 amide bonds. The van der Waals surface area contributed by atoms with Gasteiger partial charge in [0, 0.05) is 37.4 Å². The van der Waals surface area contributed by atoms with Gasteiger partial charge < -0.3 is 10.6 Å². The molecule has 0 aliphatic heterocycles. The number of anilines is 2. The van der Waals surface area contributed by atoms with Crippen molar-refractivity contribution in [2.45, 2.75) is 13.5 Å². The van der Waals surface area contributed by atoms with Crippen LogP contribution in [0.1, 0.15) is 27.9 Å². The van der Waals surface area contributed by atoms with Crippen molar-refractivity contribution in [2.75, 3.05) is 10.6 Å². The van der Waals surface area contributed by atoms with E-state index in [4.69, 9.17) is 0 Å². The molecule has 128 valence electrons. The molecule has 0 unspecified atom stereocenters. The summed E-state index contributed by atoms with van der Waals surface area (Å²) in [5, 5.41) is 13.7. The second kappa shape index (κ2) is 7.00. The van der Waals surface area contributed by atoms with E-state index in [1.807, 2.05) is 6.92 Å². The molecule has 1 aromatic carbocycles. The van der Waals surface area contributed by atoms with Crippen LogP contribution in [0.25, 0.3) is 0 Å². The highest BCUT2D eigenvalue weighted by Gasteiger charge is 2.13. The zero-order chi connectivity index (χ0) is 17.8. The van der Waals surface area contributed by atoms with Gasteiger partial charge >= 0.3 is 0 Å². The second-order valence-corrected chi connectivity index (χ2v) is 5.40. The van der Waals surface area contributed by atoms with Gasteiger partial charge in [0.15, 0.2) is 5.69 Å². The molecule has 0 radical (unpaired) electrons. The Morgan fingerprint density at radius 2 is 1.80 bits per heavy atom. The Bertz CT molecular complexity index is 911. The number of aryl methyl sites for hydroxylation is 2. The fraction of sp³-hybridized carbons (Fsp3) is 0.176. The highest BCUT2D eigenvalue weighted by atomic mass is 16.2. The van der Waals surface area contributed by atoms with E-state index in [1.54, 1.807) is 65.2 Å². The van der Waals surface area contributed by atoms with Gasteiger partial charge in [-0.2, -0.15) is 10.2 Å². The summed E-state index contributed by atoms with van der Waals surface area (Å²) in [6.07, 6.45) is 3.28.